The summed E-state index contributed by atoms with van der Waals surface area (Å²) in [6.07, 6.45) is 1.76. The zero-order valence-electron chi connectivity index (χ0n) is 19.8. The molecule has 0 spiro atoms. The van der Waals surface area contributed by atoms with Gasteiger partial charge in [-0.05, 0) is 49.4 Å². The quantitative estimate of drug-likeness (QED) is 0.540. The number of hydrogen-bond donors (Lipinski definition) is 3. The van der Waals surface area contributed by atoms with Gasteiger partial charge in [0.2, 0.25) is 15.9 Å². The van der Waals surface area contributed by atoms with Crippen LogP contribution in [0.4, 0.5) is 4.39 Å². The summed E-state index contributed by atoms with van der Waals surface area (Å²) in [6, 6.07) is 4.93. The predicted molar refractivity (Wildman–Crippen MR) is 124 cm³/mol. The molecule has 1 saturated carbocycles. The van der Waals surface area contributed by atoms with Crippen LogP contribution in [-0.2, 0) is 14.8 Å². The molecule has 10 heteroatoms. The Bertz CT molecular complexity index is 928. The first-order chi connectivity index (χ1) is 15.3. The second-order valence-corrected chi connectivity index (χ2v) is 12.1. The number of aliphatic hydroxyl groups is 1. The topological polar surface area (TPSA) is 108 Å². The number of halogens is 1. The van der Waals surface area contributed by atoms with Gasteiger partial charge in [0, 0.05) is 12.5 Å². The lowest BCUT2D eigenvalue weighted by Crippen LogP contribution is -2.56. The van der Waals surface area contributed by atoms with Gasteiger partial charge in [-0.1, -0.05) is 26.8 Å². The molecule has 4 atom stereocenters. The molecule has 1 aliphatic heterocycles. The number of nitrogens with zero attached hydrogens (tertiary/aromatic N) is 1. The van der Waals surface area contributed by atoms with E-state index in [4.69, 9.17) is 4.74 Å². The highest BCUT2D eigenvalue weighted by Crippen LogP contribution is 2.37. The molecule has 1 aromatic rings. The van der Waals surface area contributed by atoms with Crippen molar-refractivity contribution in [2.75, 3.05) is 25.9 Å². The second kappa shape index (κ2) is 10.2. The van der Waals surface area contributed by atoms with E-state index >= 15 is 0 Å². The molecule has 186 valence electrons. The largest absolute Gasteiger partial charge is 0.487 e. The van der Waals surface area contributed by atoms with Crippen molar-refractivity contribution in [3.8, 4) is 5.75 Å². The number of likely N-dealkylation sites (tertiary alicyclic amines) is 1. The molecule has 3 rings (SSSR count). The van der Waals surface area contributed by atoms with E-state index in [1.807, 2.05) is 0 Å². The van der Waals surface area contributed by atoms with E-state index < -0.39 is 40.0 Å². The molecule has 3 N–H and O–H groups in total. The molecule has 2 aliphatic rings. The van der Waals surface area contributed by atoms with Crippen molar-refractivity contribution in [3.63, 3.8) is 0 Å². The van der Waals surface area contributed by atoms with Crippen molar-refractivity contribution < 1.29 is 27.4 Å². The van der Waals surface area contributed by atoms with Crippen LogP contribution in [0.1, 0.15) is 40.0 Å². The molecule has 1 amide bonds. The number of hydrogen-bond acceptors (Lipinski definition) is 6. The number of carbonyl (C=O) groups excluding carboxylic acids is 1. The van der Waals surface area contributed by atoms with E-state index in [2.05, 4.69) is 35.7 Å². The molecular formula is C23H36FN3O5S. The number of sulfonamides is 1. The van der Waals surface area contributed by atoms with Crippen LogP contribution in [-0.4, -0.2) is 74.5 Å². The molecular weight excluding hydrogens is 449 g/mol. The molecule has 0 radical (unpaired) electrons. The summed E-state index contributed by atoms with van der Waals surface area (Å²) >= 11 is 0. The highest BCUT2D eigenvalue weighted by molar-refractivity contribution is 7.88. The first-order valence-corrected chi connectivity index (χ1v) is 13.3. The van der Waals surface area contributed by atoms with E-state index in [0.29, 0.717) is 18.1 Å². The lowest BCUT2D eigenvalue weighted by atomic mass is 9.75. The Morgan fingerprint density at radius 3 is 2.52 bits per heavy atom. The van der Waals surface area contributed by atoms with Crippen LogP contribution < -0.4 is 14.8 Å². The smallest absolute Gasteiger partial charge is 0.235 e. The molecule has 2 fully saturated rings. The fourth-order valence-corrected chi connectivity index (χ4v) is 5.35. The van der Waals surface area contributed by atoms with Crippen LogP contribution >= 0.6 is 0 Å². The summed E-state index contributed by atoms with van der Waals surface area (Å²) in [5.41, 5.74) is 0.203. The molecule has 1 aromatic carbocycles. The number of rotatable bonds is 7. The fourth-order valence-electron chi connectivity index (χ4n) is 4.95. The second-order valence-electron chi connectivity index (χ2n) is 10.3. The third-order valence-corrected chi connectivity index (χ3v) is 7.40. The summed E-state index contributed by atoms with van der Waals surface area (Å²) in [4.78, 5) is 14.6. The molecule has 1 heterocycles. The van der Waals surface area contributed by atoms with Gasteiger partial charge in [-0.25, -0.2) is 17.5 Å². The monoisotopic (exact) mass is 485 g/mol. The predicted octanol–water partition coefficient (Wildman–Crippen LogP) is 1.50. The summed E-state index contributed by atoms with van der Waals surface area (Å²) < 4.78 is 44.4. The molecule has 8 nitrogen and oxygen atoms in total. The number of piperidine rings is 1. The van der Waals surface area contributed by atoms with Gasteiger partial charge >= 0.3 is 0 Å². The van der Waals surface area contributed by atoms with Crippen LogP contribution in [0.25, 0.3) is 0 Å². The maximum absolute atomic E-state index is 13.6. The van der Waals surface area contributed by atoms with Crippen molar-refractivity contribution in [3.05, 3.63) is 30.1 Å². The number of aliphatic hydroxyl groups excluding tert-OH is 1. The van der Waals surface area contributed by atoms with E-state index in [9.17, 15) is 22.7 Å². The van der Waals surface area contributed by atoms with Crippen LogP contribution in [0.5, 0.6) is 5.75 Å². The highest BCUT2D eigenvalue weighted by Gasteiger charge is 2.48. The van der Waals surface area contributed by atoms with E-state index in [1.54, 1.807) is 6.07 Å². The van der Waals surface area contributed by atoms with Crippen molar-refractivity contribution in [2.24, 2.45) is 11.3 Å². The number of benzene rings is 1. The molecule has 1 aliphatic carbocycles. The number of amides is 1. The third kappa shape index (κ3) is 7.11. The van der Waals surface area contributed by atoms with Crippen LogP contribution in [0, 0.1) is 17.2 Å². The SMILES string of the molecule is CC(C)(C)C1CCN([C@@H]2[C@@H](O)[C@H](Oc3cccc(F)c3)C[C@H]2NC(=O)CNS(C)(=O)=O)CC1. The average Bonchev–Trinajstić information content (AvgIpc) is 3.00. The summed E-state index contributed by atoms with van der Waals surface area (Å²) in [7, 11) is -3.50. The lowest BCUT2D eigenvalue weighted by Gasteiger charge is -2.43. The number of ether oxygens (including phenoxy) is 1. The molecule has 1 saturated heterocycles. The van der Waals surface area contributed by atoms with Gasteiger partial charge in [0.05, 0.1) is 24.9 Å². The first-order valence-electron chi connectivity index (χ1n) is 11.4. The van der Waals surface area contributed by atoms with Gasteiger partial charge in [0.15, 0.2) is 0 Å². The van der Waals surface area contributed by atoms with E-state index in [1.165, 1.54) is 18.2 Å². The Morgan fingerprint density at radius 1 is 1.27 bits per heavy atom. The Labute approximate surface area is 195 Å². The third-order valence-electron chi connectivity index (χ3n) is 6.73. The van der Waals surface area contributed by atoms with Crippen molar-refractivity contribution in [2.45, 2.75) is 64.3 Å². The summed E-state index contributed by atoms with van der Waals surface area (Å²) in [6.45, 7) is 7.89. The zero-order valence-corrected chi connectivity index (χ0v) is 20.6. The highest BCUT2D eigenvalue weighted by atomic mass is 32.2. The van der Waals surface area contributed by atoms with Crippen LogP contribution in [0.15, 0.2) is 24.3 Å². The maximum atomic E-state index is 13.6. The molecule has 33 heavy (non-hydrogen) atoms. The zero-order chi connectivity index (χ0) is 24.4. The maximum Gasteiger partial charge on any atom is 0.235 e. The van der Waals surface area contributed by atoms with Gasteiger partial charge in [0.1, 0.15) is 23.8 Å². The Hall–Kier alpha value is -1.75. The molecule has 0 unspecified atom stereocenters. The van der Waals surface area contributed by atoms with Gasteiger partial charge in [-0.15, -0.1) is 0 Å². The minimum absolute atomic E-state index is 0.203. The van der Waals surface area contributed by atoms with E-state index in [-0.39, 0.29) is 18.0 Å². The van der Waals surface area contributed by atoms with Crippen molar-refractivity contribution in [1.82, 2.24) is 14.9 Å². The average molecular weight is 486 g/mol. The first kappa shape index (κ1) is 25.9. The Kier molecular flexibility index (Phi) is 8.03. The minimum Gasteiger partial charge on any atom is -0.487 e. The van der Waals surface area contributed by atoms with Gasteiger partial charge in [-0.3, -0.25) is 9.69 Å². The number of nitrogens with one attached hydrogen (secondary N) is 2. The Balaban J connectivity index is 1.73. The number of carbonyl (C=O) groups is 1. The van der Waals surface area contributed by atoms with E-state index in [0.717, 1.165) is 32.2 Å². The van der Waals surface area contributed by atoms with Gasteiger partial charge < -0.3 is 15.2 Å². The summed E-state index contributed by atoms with van der Waals surface area (Å²) in [5.74, 6) is -0.0234. The molecule has 0 bridgehead atoms. The van der Waals surface area contributed by atoms with Crippen LogP contribution in [0.3, 0.4) is 0 Å². The molecule has 0 aromatic heterocycles. The summed E-state index contributed by atoms with van der Waals surface area (Å²) in [5, 5.41) is 14.1. The van der Waals surface area contributed by atoms with Crippen molar-refractivity contribution >= 4 is 15.9 Å². The normalized spacial score (nSPS) is 27.5. The minimum atomic E-state index is -3.50. The lowest BCUT2D eigenvalue weighted by molar-refractivity contribution is -0.121. The van der Waals surface area contributed by atoms with Crippen molar-refractivity contribution in [1.29, 1.82) is 0 Å². The standard InChI is InChI=1S/C23H36FN3O5S/c1-23(2,3)15-8-10-27(11-9-15)21-18(26-20(28)14-25-33(4,30)31)13-19(22(21)29)32-17-7-5-6-16(24)12-17/h5-7,12,15,18-19,21-22,25,29H,8-11,13-14H2,1-4H3,(H,26,28)/t18-,19-,21+,22+/m1/s1. The fraction of sp³-hybridized carbons (Fsp3) is 0.696. The Morgan fingerprint density at radius 2 is 1.94 bits per heavy atom. The van der Waals surface area contributed by atoms with Crippen LogP contribution in [0.2, 0.25) is 0 Å². The van der Waals surface area contributed by atoms with Gasteiger partial charge in [-0.2, -0.15) is 0 Å². The van der Waals surface area contributed by atoms with Gasteiger partial charge in [0.25, 0.3) is 0 Å².